The second-order valence-corrected chi connectivity index (χ2v) is 11.6. The van der Waals surface area contributed by atoms with E-state index in [1.807, 2.05) is 0 Å². The van der Waals surface area contributed by atoms with E-state index in [-0.39, 0.29) is 0 Å². The molecule has 11 heteroatoms. The van der Waals surface area contributed by atoms with Crippen LogP contribution < -0.4 is 0 Å². The van der Waals surface area contributed by atoms with E-state index in [0.717, 1.165) is 0 Å². The highest BCUT2D eigenvalue weighted by atomic mass is 28.4. The zero-order chi connectivity index (χ0) is 20.5. The van der Waals surface area contributed by atoms with Crippen molar-refractivity contribution in [3.05, 3.63) is 0 Å². The highest BCUT2D eigenvalue weighted by Crippen LogP contribution is 2.48. The third-order valence-electron chi connectivity index (χ3n) is 2.51. The number of rotatable bonds is 6. The van der Waals surface area contributed by atoms with E-state index in [4.69, 9.17) is 4.43 Å². The van der Waals surface area contributed by atoms with Gasteiger partial charge in [-0.15, -0.1) is 0 Å². The van der Waals surface area contributed by atoms with Gasteiger partial charge in [0.2, 0.25) is 0 Å². The minimum atomic E-state index is -6.25. The highest BCUT2D eigenvalue weighted by Gasteiger charge is 2.80. The van der Waals surface area contributed by atoms with Crippen LogP contribution in [0, 0.1) is 0 Å². The third kappa shape index (κ3) is 5.37. The molecule has 0 heterocycles. The molecule has 0 amide bonds. The molecule has 0 aliphatic rings. The maximum absolute atomic E-state index is 14.4. The van der Waals surface area contributed by atoms with E-state index in [0.29, 0.717) is 0 Å². The molecule has 148 valence electrons. The SMILES string of the molecule is CCOC(=O)C(O[Si](C)(C)C)(C(=O)OC(C)(C)C)C(F)(F)C(F)(F)F. The quantitative estimate of drug-likeness (QED) is 0.298. The Morgan fingerprint density at radius 1 is 0.920 bits per heavy atom. The van der Waals surface area contributed by atoms with Crippen molar-refractivity contribution in [1.82, 2.24) is 0 Å². The van der Waals surface area contributed by atoms with Crippen molar-refractivity contribution in [1.29, 1.82) is 0 Å². The van der Waals surface area contributed by atoms with Crippen molar-refractivity contribution in [2.45, 2.75) is 70.6 Å². The van der Waals surface area contributed by atoms with E-state index in [9.17, 15) is 31.5 Å². The monoisotopic (exact) mass is 394 g/mol. The first-order valence-corrected chi connectivity index (χ1v) is 10.8. The lowest BCUT2D eigenvalue weighted by molar-refractivity contribution is -0.331. The first-order chi connectivity index (χ1) is 10.8. The number of hydrogen-bond acceptors (Lipinski definition) is 5. The molecule has 1 atom stereocenters. The Balaban J connectivity index is 6.65. The Morgan fingerprint density at radius 2 is 1.36 bits per heavy atom. The summed E-state index contributed by atoms with van der Waals surface area (Å²) in [5.74, 6) is -10.2. The molecule has 0 radical (unpaired) electrons. The minimum absolute atomic E-state index is 0.535. The lowest BCUT2D eigenvalue weighted by Crippen LogP contribution is -2.71. The molecule has 5 nitrogen and oxygen atoms in total. The maximum atomic E-state index is 14.4. The average Bonchev–Trinajstić information content (AvgIpc) is 2.30. The number of carbonyl (C=O) groups is 2. The van der Waals surface area contributed by atoms with Crippen molar-refractivity contribution in [3.63, 3.8) is 0 Å². The number of ether oxygens (including phenoxy) is 2. The number of esters is 2. The Labute approximate surface area is 143 Å². The molecule has 0 spiro atoms. The molecule has 0 saturated carbocycles. The van der Waals surface area contributed by atoms with Gasteiger partial charge >= 0.3 is 29.6 Å². The van der Waals surface area contributed by atoms with Gasteiger partial charge in [0.1, 0.15) is 5.60 Å². The second-order valence-electron chi connectivity index (χ2n) is 7.19. The van der Waals surface area contributed by atoms with Crippen molar-refractivity contribution in [3.8, 4) is 0 Å². The summed E-state index contributed by atoms with van der Waals surface area (Å²) in [4.78, 5) is 24.5. The summed E-state index contributed by atoms with van der Waals surface area (Å²) in [6.45, 7) is 8.15. The molecule has 0 saturated heterocycles. The Hall–Kier alpha value is -1.23. The van der Waals surface area contributed by atoms with Gasteiger partial charge in [-0.25, -0.2) is 9.59 Å². The van der Waals surface area contributed by atoms with E-state index in [1.165, 1.54) is 47.3 Å². The fourth-order valence-corrected chi connectivity index (χ4v) is 2.94. The lowest BCUT2D eigenvalue weighted by Gasteiger charge is -2.41. The summed E-state index contributed by atoms with van der Waals surface area (Å²) in [6.07, 6.45) is -6.25. The lowest BCUT2D eigenvalue weighted by atomic mass is 9.94. The first-order valence-electron chi connectivity index (χ1n) is 7.37. The number of carbonyl (C=O) groups excluding carboxylic acids is 2. The van der Waals surface area contributed by atoms with Crippen LogP contribution in [0.1, 0.15) is 27.7 Å². The van der Waals surface area contributed by atoms with E-state index >= 15 is 0 Å². The Morgan fingerprint density at radius 3 is 1.64 bits per heavy atom. The number of alkyl halides is 5. The minimum Gasteiger partial charge on any atom is -0.463 e. The molecule has 0 aliphatic carbocycles. The molecule has 25 heavy (non-hydrogen) atoms. The molecule has 0 aliphatic heterocycles. The number of hydrogen-bond donors (Lipinski definition) is 0. The summed E-state index contributed by atoms with van der Waals surface area (Å²) in [6, 6.07) is 0. The molecule has 0 aromatic rings. The van der Waals surface area contributed by atoms with Crippen LogP contribution in [0.4, 0.5) is 22.0 Å². The Kier molecular flexibility index (Phi) is 6.82. The van der Waals surface area contributed by atoms with Gasteiger partial charge in [0, 0.05) is 0 Å². The van der Waals surface area contributed by atoms with Gasteiger partial charge in [-0.3, -0.25) is 0 Å². The third-order valence-corrected chi connectivity index (χ3v) is 3.43. The fraction of sp³-hybridized carbons (Fsp3) is 0.857. The van der Waals surface area contributed by atoms with Crippen LogP contribution >= 0.6 is 0 Å². The summed E-state index contributed by atoms with van der Waals surface area (Å²) in [5, 5.41) is 0. The first kappa shape index (κ1) is 23.8. The standard InChI is InChI=1S/C14H23F5O5Si/c1-8-22-9(20)12(24-25(5,6)7,10(21)23-11(2,3)4)13(15,16)14(17,18)19/h8H2,1-7H3. The van der Waals surface area contributed by atoms with Crippen LogP contribution in [-0.4, -0.2) is 50.2 Å². The summed E-state index contributed by atoms with van der Waals surface area (Å²) >= 11 is 0. The average molecular weight is 394 g/mol. The molecule has 1 unspecified atom stereocenters. The molecule has 0 rings (SSSR count). The van der Waals surface area contributed by atoms with Gasteiger partial charge < -0.3 is 13.9 Å². The zero-order valence-electron chi connectivity index (χ0n) is 15.1. The van der Waals surface area contributed by atoms with Crippen molar-refractivity contribution in [2.75, 3.05) is 6.61 Å². The zero-order valence-corrected chi connectivity index (χ0v) is 16.1. The molecular formula is C14H23F5O5Si. The van der Waals surface area contributed by atoms with Gasteiger partial charge in [0.15, 0.2) is 8.32 Å². The van der Waals surface area contributed by atoms with Gasteiger partial charge in [-0.2, -0.15) is 22.0 Å². The van der Waals surface area contributed by atoms with Crippen LogP contribution in [0.5, 0.6) is 0 Å². The van der Waals surface area contributed by atoms with Crippen molar-refractivity contribution in [2.24, 2.45) is 0 Å². The van der Waals surface area contributed by atoms with Crippen LogP contribution in [0.25, 0.3) is 0 Å². The topological polar surface area (TPSA) is 61.8 Å². The predicted molar refractivity (Wildman–Crippen MR) is 80.6 cm³/mol. The van der Waals surface area contributed by atoms with Gasteiger partial charge in [-0.1, -0.05) is 0 Å². The Bertz CT molecular complexity index is 507. The van der Waals surface area contributed by atoms with Crippen molar-refractivity contribution < 1.29 is 45.4 Å². The summed E-state index contributed by atoms with van der Waals surface area (Å²) in [5.41, 5.74) is -5.72. The van der Waals surface area contributed by atoms with E-state index in [2.05, 4.69) is 9.47 Å². The number of halogens is 5. The van der Waals surface area contributed by atoms with Crippen LogP contribution in [0.3, 0.4) is 0 Å². The van der Waals surface area contributed by atoms with E-state index < -0.39 is 50.2 Å². The van der Waals surface area contributed by atoms with Crippen LogP contribution in [0.2, 0.25) is 19.6 Å². The maximum Gasteiger partial charge on any atom is 0.457 e. The smallest absolute Gasteiger partial charge is 0.457 e. The van der Waals surface area contributed by atoms with Crippen LogP contribution in [0.15, 0.2) is 0 Å². The molecule has 0 bridgehead atoms. The highest BCUT2D eigenvalue weighted by molar-refractivity contribution is 6.70. The van der Waals surface area contributed by atoms with Gasteiger partial charge in [0.25, 0.3) is 0 Å². The predicted octanol–water partition coefficient (Wildman–Crippen LogP) is 3.68. The normalized spacial score (nSPS) is 16.2. The summed E-state index contributed by atoms with van der Waals surface area (Å²) < 4.78 is 81.8. The van der Waals surface area contributed by atoms with Gasteiger partial charge in [0.05, 0.1) is 6.61 Å². The largest absolute Gasteiger partial charge is 0.463 e. The fourth-order valence-electron chi connectivity index (χ4n) is 1.73. The van der Waals surface area contributed by atoms with Crippen LogP contribution in [-0.2, 0) is 23.5 Å². The second kappa shape index (κ2) is 7.18. The molecule has 0 N–H and O–H groups in total. The molecule has 0 aromatic heterocycles. The van der Waals surface area contributed by atoms with E-state index in [1.54, 1.807) is 0 Å². The molecular weight excluding hydrogens is 371 g/mol. The van der Waals surface area contributed by atoms with Gasteiger partial charge in [-0.05, 0) is 47.3 Å². The molecule has 0 fully saturated rings. The molecule has 0 aromatic carbocycles. The van der Waals surface area contributed by atoms with Crippen molar-refractivity contribution >= 4 is 20.3 Å². The summed E-state index contributed by atoms with van der Waals surface area (Å²) in [7, 11) is -3.29.